The Kier molecular flexibility index (Phi) is 6.65. The molecule has 1 atom stereocenters. The lowest BCUT2D eigenvalue weighted by Gasteiger charge is -2.22. The molecule has 0 radical (unpaired) electrons. The second-order valence-electron chi connectivity index (χ2n) is 9.64. The summed E-state index contributed by atoms with van der Waals surface area (Å²) in [6.45, 7) is 1.91. The Morgan fingerprint density at radius 1 is 1.13 bits per heavy atom. The van der Waals surface area contributed by atoms with Gasteiger partial charge in [0.25, 0.3) is 0 Å². The first-order valence-corrected chi connectivity index (χ1v) is 13.2. The lowest BCUT2D eigenvalue weighted by Crippen LogP contribution is -2.38. The van der Waals surface area contributed by atoms with Crippen molar-refractivity contribution in [3.63, 3.8) is 0 Å². The summed E-state index contributed by atoms with van der Waals surface area (Å²) in [4.78, 5) is 4.47. The Morgan fingerprint density at radius 2 is 1.92 bits per heavy atom. The maximum absolute atomic E-state index is 13.8. The van der Waals surface area contributed by atoms with Gasteiger partial charge in [-0.05, 0) is 67.3 Å². The SMILES string of the molecule is Cc1c(Cl)cccc1Nc1c(C#N)cnc2c(Cl)cc(NC(C3=CN(C4CC4)NN3)c3ccc(F)cc3)cc12. The lowest BCUT2D eigenvalue weighted by atomic mass is 10.0. The topological polar surface area (TPSA) is 88.0 Å². The number of hydrogen-bond donors (Lipinski definition) is 4. The van der Waals surface area contributed by atoms with E-state index in [4.69, 9.17) is 23.2 Å². The van der Waals surface area contributed by atoms with Crippen LogP contribution in [0, 0.1) is 24.1 Å². The largest absolute Gasteiger partial charge is 0.373 e. The van der Waals surface area contributed by atoms with E-state index in [0.717, 1.165) is 35.4 Å². The number of hydrogen-bond acceptors (Lipinski definition) is 7. The molecule has 7 nitrogen and oxygen atoms in total. The Hall–Kier alpha value is -4.03. The molecule has 0 spiro atoms. The van der Waals surface area contributed by atoms with Gasteiger partial charge in [-0.15, -0.1) is 5.53 Å². The van der Waals surface area contributed by atoms with Gasteiger partial charge in [0.1, 0.15) is 11.9 Å². The molecule has 2 aliphatic rings. The number of nitriles is 1. The van der Waals surface area contributed by atoms with Crippen molar-refractivity contribution in [2.24, 2.45) is 0 Å². The third-order valence-corrected chi connectivity index (χ3v) is 7.64. The summed E-state index contributed by atoms with van der Waals surface area (Å²) >= 11 is 13.1. The predicted octanol–water partition coefficient (Wildman–Crippen LogP) is 7.09. The van der Waals surface area contributed by atoms with E-state index in [-0.39, 0.29) is 11.9 Å². The first kappa shape index (κ1) is 25.3. The van der Waals surface area contributed by atoms with Gasteiger partial charge >= 0.3 is 0 Å². The highest BCUT2D eigenvalue weighted by atomic mass is 35.5. The van der Waals surface area contributed by atoms with Crippen LogP contribution in [0.1, 0.15) is 35.6 Å². The summed E-state index contributed by atoms with van der Waals surface area (Å²) in [5, 5.41) is 20.6. The van der Waals surface area contributed by atoms with Crippen molar-refractivity contribution >= 4 is 51.2 Å². The molecule has 1 aliphatic heterocycles. The van der Waals surface area contributed by atoms with E-state index in [2.05, 4.69) is 37.7 Å². The van der Waals surface area contributed by atoms with Gasteiger partial charge < -0.3 is 16.1 Å². The van der Waals surface area contributed by atoms with Crippen LogP contribution in [-0.4, -0.2) is 16.0 Å². The van der Waals surface area contributed by atoms with E-state index in [9.17, 15) is 9.65 Å². The van der Waals surface area contributed by atoms with E-state index in [0.29, 0.717) is 43.9 Å². The van der Waals surface area contributed by atoms with Crippen molar-refractivity contribution in [1.29, 1.82) is 5.26 Å². The second-order valence-corrected chi connectivity index (χ2v) is 10.5. The summed E-state index contributed by atoms with van der Waals surface area (Å²) in [6, 6.07) is 18.0. The average molecular weight is 560 g/mol. The van der Waals surface area contributed by atoms with Crippen molar-refractivity contribution in [2.75, 3.05) is 10.6 Å². The minimum atomic E-state index is -0.339. The molecule has 4 aromatic rings. The zero-order chi connectivity index (χ0) is 27.1. The minimum Gasteiger partial charge on any atom is -0.373 e. The van der Waals surface area contributed by atoms with Gasteiger partial charge in [-0.1, -0.05) is 41.4 Å². The molecule has 2 heterocycles. The van der Waals surface area contributed by atoms with Gasteiger partial charge in [0.05, 0.1) is 33.5 Å². The molecule has 1 saturated carbocycles. The molecule has 1 unspecified atom stereocenters. The van der Waals surface area contributed by atoms with Crippen molar-refractivity contribution < 1.29 is 4.39 Å². The van der Waals surface area contributed by atoms with Crippen molar-refractivity contribution in [2.45, 2.75) is 31.8 Å². The van der Waals surface area contributed by atoms with Crippen LogP contribution in [0.25, 0.3) is 10.9 Å². The number of anilines is 3. The number of benzene rings is 3. The first-order chi connectivity index (χ1) is 18.9. The van der Waals surface area contributed by atoms with Gasteiger partial charge in [-0.25, -0.2) is 4.39 Å². The zero-order valence-electron chi connectivity index (χ0n) is 20.9. The smallest absolute Gasteiger partial charge is 0.123 e. The first-order valence-electron chi connectivity index (χ1n) is 12.5. The third-order valence-electron chi connectivity index (χ3n) is 6.95. The molecule has 6 rings (SSSR count). The van der Waals surface area contributed by atoms with Gasteiger partial charge in [-0.3, -0.25) is 9.99 Å². The molecule has 0 saturated heterocycles. The zero-order valence-corrected chi connectivity index (χ0v) is 22.4. The number of halogens is 3. The summed E-state index contributed by atoms with van der Waals surface area (Å²) in [6.07, 6.45) is 5.80. The van der Waals surface area contributed by atoms with Gasteiger partial charge in [0.15, 0.2) is 0 Å². The Morgan fingerprint density at radius 3 is 2.67 bits per heavy atom. The summed E-state index contributed by atoms with van der Waals surface area (Å²) in [5.74, 6) is -0.306. The number of rotatable bonds is 7. The Balaban J connectivity index is 1.43. The number of hydrazine groups is 2. The van der Waals surface area contributed by atoms with Gasteiger partial charge in [0, 0.05) is 40.2 Å². The monoisotopic (exact) mass is 559 g/mol. The lowest BCUT2D eigenvalue weighted by molar-refractivity contribution is 0.260. The van der Waals surface area contributed by atoms with Crippen molar-refractivity contribution in [3.8, 4) is 6.07 Å². The highest BCUT2D eigenvalue weighted by Gasteiger charge is 2.32. The number of aromatic nitrogens is 1. The van der Waals surface area contributed by atoms with E-state index < -0.39 is 0 Å². The van der Waals surface area contributed by atoms with Crippen LogP contribution in [0.3, 0.4) is 0 Å². The molecular formula is C29H24Cl2FN7. The highest BCUT2D eigenvalue weighted by molar-refractivity contribution is 6.36. The maximum atomic E-state index is 13.8. The molecule has 39 heavy (non-hydrogen) atoms. The van der Waals surface area contributed by atoms with E-state index >= 15 is 0 Å². The third kappa shape index (κ3) is 5.04. The summed E-state index contributed by atoms with van der Waals surface area (Å²) in [7, 11) is 0. The van der Waals surface area contributed by atoms with Crippen LogP contribution in [0.5, 0.6) is 0 Å². The Bertz CT molecular complexity index is 1640. The maximum Gasteiger partial charge on any atom is 0.123 e. The normalized spacial score (nSPS) is 15.5. The van der Waals surface area contributed by atoms with Crippen LogP contribution >= 0.6 is 23.2 Å². The molecule has 4 N–H and O–H groups in total. The summed E-state index contributed by atoms with van der Waals surface area (Å²) in [5.41, 5.74) is 12.0. The van der Waals surface area contributed by atoms with Gasteiger partial charge in [0.2, 0.25) is 0 Å². The second kappa shape index (κ2) is 10.3. The van der Waals surface area contributed by atoms with Crippen LogP contribution in [0.15, 0.2) is 72.7 Å². The quantitative estimate of drug-likeness (QED) is 0.192. The molecule has 1 aromatic heterocycles. The fourth-order valence-electron chi connectivity index (χ4n) is 4.64. The van der Waals surface area contributed by atoms with Crippen LogP contribution in [0.4, 0.5) is 21.5 Å². The highest BCUT2D eigenvalue weighted by Crippen LogP contribution is 2.38. The number of nitrogens with one attached hydrogen (secondary N) is 4. The molecule has 3 aromatic carbocycles. The van der Waals surface area contributed by atoms with E-state index in [1.807, 2.05) is 37.4 Å². The standard InChI is InChI=1S/C29H24Cl2FN7/c1-16-23(30)3-2-4-25(16)36-27-18(13-33)14-34-29-22(27)11-20(12-24(29)31)35-28(17-5-7-19(32)8-6-17)26-15-39(38-37-26)21-9-10-21/h2-8,11-12,14-15,21,28,35,37-38H,9-10H2,1H3,(H,34,36). The van der Waals surface area contributed by atoms with Crippen LogP contribution in [0.2, 0.25) is 10.0 Å². The predicted molar refractivity (Wildman–Crippen MR) is 153 cm³/mol. The van der Waals surface area contributed by atoms with Crippen molar-refractivity contribution in [1.82, 2.24) is 21.0 Å². The fraction of sp³-hybridized carbons (Fsp3) is 0.172. The van der Waals surface area contributed by atoms with E-state index in [1.165, 1.54) is 18.3 Å². The Labute approximate surface area is 235 Å². The number of fused-ring (bicyclic) bond motifs is 1. The number of nitrogens with zero attached hydrogens (tertiary/aromatic N) is 3. The molecular weight excluding hydrogens is 536 g/mol. The van der Waals surface area contributed by atoms with Gasteiger partial charge in [-0.2, -0.15) is 5.26 Å². The molecule has 1 aliphatic carbocycles. The van der Waals surface area contributed by atoms with Crippen molar-refractivity contribution in [3.05, 3.63) is 105 Å². The van der Waals surface area contributed by atoms with E-state index in [1.54, 1.807) is 18.2 Å². The summed E-state index contributed by atoms with van der Waals surface area (Å²) < 4.78 is 13.8. The molecule has 0 amide bonds. The number of pyridine rings is 1. The molecule has 196 valence electrons. The van der Waals surface area contributed by atoms with Crippen LogP contribution < -0.4 is 21.6 Å². The van der Waals surface area contributed by atoms with Crippen LogP contribution in [-0.2, 0) is 0 Å². The molecule has 0 bridgehead atoms. The minimum absolute atomic E-state index is 0.306. The molecule has 10 heteroatoms. The molecule has 1 fully saturated rings. The fourth-order valence-corrected chi connectivity index (χ4v) is 5.08. The average Bonchev–Trinajstić information content (AvgIpc) is 3.67.